The molecule has 510 valence electrons. The normalized spacial score (nSPS) is 18.2. The number of carbonyl (C=O) groups is 5. The molecule has 0 aromatic heterocycles. The molecule has 2 atom stereocenters. The van der Waals surface area contributed by atoms with Crippen LogP contribution in [0.4, 0.5) is 41.2 Å². The van der Waals surface area contributed by atoms with Crippen LogP contribution < -0.4 is 15.4 Å². The number of likely N-dealkylation sites (tertiary alicyclic amines) is 2. The Hall–Kier alpha value is -9.00. The molecule has 0 unspecified atom stereocenters. The lowest BCUT2D eigenvalue weighted by molar-refractivity contribution is -0.146. The smallest absolute Gasteiger partial charge is 0.416 e. The molecular weight excluding hydrogens is 1260 g/mol. The van der Waals surface area contributed by atoms with Crippen molar-refractivity contribution < 1.29 is 73.7 Å². The third kappa shape index (κ3) is 17.1. The van der Waals surface area contributed by atoms with Crippen LogP contribution in [0.1, 0.15) is 91.8 Å². The monoisotopic (exact) mass is 1340 g/mol. The molecule has 0 radical (unpaired) electrons. The van der Waals surface area contributed by atoms with Gasteiger partial charge in [0.05, 0.1) is 29.5 Å². The van der Waals surface area contributed by atoms with Gasteiger partial charge >= 0.3 is 24.4 Å². The first-order valence-electron chi connectivity index (χ1n) is 32.4. The molecular formula is C74H76F7N7O9. The van der Waals surface area contributed by atoms with Crippen molar-refractivity contribution in [2.75, 3.05) is 91.7 Å². The van der Waals surface area contributed by atoms with Gasteiger partial charge in [0.25, 0.3) is 11.8 Å². The minimum atomic E-state index is -5.16. The summed E-state index contributed by atoms with van der Waals surface area (Å²) in [6.07, 6.45) is -7.94. The number of rotatable bonds is 22. The molecule has 97 heavy (non-hydrogen) atoms. The van der Waals surface area contributed by atoms with Crippen molar-refractivity contribution in [1.82, 2.24) is 29.8 Å². The number of likely N-dealkylation sites (N-methyl/N-ethyl adjacent to an activating group) is 2. The van der Waals surface area contributed by atoms with Crippen LogP contribution in [0.5, 0.6) is 5.75 Å². The zero-order chi connectivity index (χ0) is 68.5. The number of esters is 1. The van der Waals surface area contributed by atoms with Gasteiger partial charge in [0, 0.05) is 82.0 Å². The average Bonchev–Trinajstić information content (AvgIpc) is 1.70. The highest BCUT2D eigenvalue weighted by Gasteiger charge is 2.50. The first-order valence-corrected chi connectivity index (χ1v) is 32.4. The molecule has 23 heteroatoms. The van der Waals surface area contributed by atoms with Gasteiger partial charge in [0.1, 0.15) is 43.2 Å². The van der Waals surface area contributed by atoms with Gasteiger partial charge in [-0.15, -0.1) is 0 Å². The number of nitrogens with zero attached hydrogens (tertiary/aromatic N) is 5. The summed E-state index contributed by atoms with van der Waals surface area (Å²) in [5, 5.41) is 6.33. The third-order valence-corrected chi connectivity index (χ3v) is 19.0. The molecule has 4 amide bonds. The van der Waals surface area contributed by atoms with Crippen LogP contribution in [0.25, 0.3) is 11.1 Å². The second-order valence-electron chi connectivity index (χ2n) is 25.4. The Morgan fingerprint density at radius 2 is 1.29 bits per heavy atom. The summed E-state index contributed by atoms with van der Waals surface area (Å²) in [6.45, 7) is 4.02. The number of ether oxygens (including phenoxy) is 4. The maximum Gasteiger partial charge on any atom is 0.416 e. The maximum atomic E-state index is 14.2. The van der Waals surface area contributed by atoms with Crippen molar-refractivity contribution in [3.8, 4) is 16.9 Å². The molecule has 3 heterocycles. The van der Waals surface area contributed by atoms with E-state index in [-0.39, 0.29) is 50.3 Å². The molecule has 2 N–H and O–H groups in total. The summed E-state index contributed by atoms with van der Waals surface area (Å²) in [7, 11) is 3.30. The van der Waals surface area contributed by atoms with E-state index in [0.29, 0.717) is 113 Å². The van der Waals surface area contributed by atoms with Crippen molar-refractivity contribution in [3.05, 3.63) is 226 Å². The molecule has 4 aliphatic rings. The third-order valence-electron chi connectivity index (χ3n) is 19.0. The fraction of sp³-hybridized carbons (Fsp3) is 0.365. The van der Waals surface area contributed by atoms with Gasteiger partial charge < -0.3 is 48.8 Å². The van der Waals surface area contributed by atoms with Crippen LogP contribution >= 0.6 is 0 Å². The number of anilines is 1. The van der Waals surface area contributed by atoms with Gasteiger partial charge in [0.15, 0.2) is 0 Å². The number of para-hydroxylation sites is 1. The molecule has 3 saturated heterocycles. The quantitative estimate of drug-likeness (QED) is 0.0376. The van der Waals surface area contributed by atoms with E-state index in [1.54, 1.807) is 24.1 Å². The van der Waals surface area contributed by atoms with Crippen LogP contribution in [-0.4, -0.2) is 153 Å². The van der Waals surface area contributed by atoms with Crippen LogP contribution in [0.2, 0.25) is 0 Å². The van der Waals surface area contributed by atoms with Gasteiger partial charge in [0.2, 0.25) is 5.91 Å². The van der Waals surface area contributed by atoms with E-state index in [4.69, 9.17) is 18.9 Å². The molecule has 16 nitrogen and oxygen atoms in total. The lowest BCUT2D eigenvalue weighted by atomic mass is 9.72. The fourth-order valence-electron chi connectivity index (χ4n) is 13.4. The Morgan fingerprint density at radius 3 is 1.96 bits per heavy atom. The Morgan fingerprint density at radius 1 is 0.670 bits per heavy atom. The van der Waals surface area contributed by atoms with Gasteiger partial charge in [-0.2, -0.15) is 26.3 Å². The highest BCUT2D eigenvalue weighted by atomic mass is 19.4. The number of hydrogen-bond acceptors (Lipinski definition) is 12. The SMILES string of the molecule is CN(CC(=O)Oc1ccc(CNCc2ccc(C(=O)N(C)CCN3CCC(OC(=O)Nc4ccccc4-c4ccccc4)CC3)cc2)cc1)C(=O)CO[C@H]1Cc2ccccc2C12CCN(CC[C@]1(c3ccc(F)cc3)CN(C(=O)c3cc(C(F)(F)F)cc(C(F)(F)F)c3)CO1)CC2. The Kier molecular flexibility index (Phi) is 21.6. The van der Waals surface area contributed by atoms with Gasteiger partial charge in [-0.3, -0.25) is 19.7 Å². The van der Waals surface area contributed by atoms with E-state index in [2.05, 4.69) is 26.5 Å². The molecule has 1 aliphatic carbocycles. The molecule has 0 bridgehead atoms. The number of fused-ring (bicyclic) bond motifs is 2. The van der Waals surface area contributed by atoms with E-state index >= 15 is 0 Å². The standard InChI is InChI=1S/C74H76F7N7O9/c1-84(38-39-86-33-28-61(29-34-86)97-70(93)83-64-15-9-7-13-62(64)52-10-4-3-5-11-52)68(91)53-20-16-50(17-21-53)44-82-45-51-18-26-60(27-19-51)96-67(90)46-85(2)66(89)47-94-65-42-54-12-6-8-14-63(54)71(65)30-35-87(36-31-71)37-32-72(56-22-24-59(75)25-23-56)48-88(49-95-72)69(92)55-40-57(73(76,77)78)43-58(41-55)74(79,80)81/h3-27,40-41,43,61,65,82H,28-39,42,44-49H2,1-2H3,(H,83,93)/t65-,72+/m0/s1. The lowest BCUT2D eigenvalue weighted by Gasteiger charge is -2.44. The molecule has 0 saturated carbocycles. The predicted octanol–water partition coefficient (Wildman–Crippen LogP) is 12.4. The van der Waals surface area contributed by atoms with Crippen LogP contribution in [-0.2, 0) is 66.7 Å². The highest BCUT2D eigenvalue weighted by molar-refractivity contribution is 5.95. The minimum absolute atomic E-state index is 0.0365. The lowest BCUT2D eigenvalue weighted by Crippen LogP contribution is -2.50. The summed E-state index contributed by atoms with van der Waals surface area (Å²) in [5.41, 5.74) is 2.02. The van der Waals surface area contributed by atoms with Crippen molar-refractivity contribution in [2.45, 2.75) is 87.2 Å². The number of halogens is 7. The van der Waals surface area contributed by atoms with Crippen molar-refractivity contribution >= 4 is 35.5 Å². The number of piperidine rings is 2. The first-order chi connectivity index (χ1) is 46.5. The van der Waals surface area contributed by atoms with Crippen molar-refractivity contribution in [3.63, 3.8) is 0 Å². The van der Waals surface area contributed by atoms with Crippen LogP contribution in [0, 0.1) is 5.82 Å². The van der Waals surface area contributed by atoms with Crippen LogP contribution in [0.3, 0.4) is 0 Å². The summed E-state index contributed by atoms with van der Waals surface area (Å²) in [6, 6.07) is 46.2. The molecule has 3 aliphatic heterocycles. The topological polar surface area (TPSA) is 163 Å². The van der Waals surface area contributed by atoms with Crippen molar-refractivity contribution in [1.29, 1.82) is 0 Å². The fourth-order valence-corrected chi connectivity index (χ4v) is 13.4. The number of amides is 4. The second kappa shape index (κ2) is 30.2. The second-order valence-corrected chi connectivity index (χ2v) is 25.4. The first kappa shape index (κ1) is 69.4. The largest absolute Gasteiger partial charge is 0.446 e. The number of carbonyl (C=O) groups excluding carboxylic acids is 5. The Labute approximate surface area is 558 Å². The van der Waals surface area contributed by atoms with E-state index in [1.165, 1.54) is 36.2 Å². The average molecular weight is 1340 g/mol. The number of nitrogens with one attached hydrogen (secondary N) is 2. The Balaban J connectivity index is 0.592. The zero-order valence-corrected chi connectivity index (χ0v) is 53.8. The molecule has 7 aromatic carbocycles. The zero-order valence-electron chi connectivity index (χ0n) is 53.8. The highest BCUT2D eigenvalue weighted by Crippen LogP contribution is 2.48. The molecule has 7 aromatic rings. The summed E-state index contributed by atoms with van der Waals surface area (Å²) >= 11 is 0. The molecule has 3 fully saturated rings. The van der Waals surface area contributed by atoms with E-state index in [9.17, 15) is 54.7 Å². The maximum absolute atomic E-state index is 14.2. The van der Waals surface area contributed by atoms with E-state index in [1.807, 2.05) is 109 Å². The van der Waals surface area contributed by atoms with Crippen LogP contribution in [0.15, 0.2) is 170 Å². The van der Waals surface area contributed by atoms with Gasteiger partial charge in [-0.05, 0) is 146 Å². The minimum Gasteiger partial charge on any atom is -0.446 e. The number of hydrogen-bond donors (Lipinski definition) is 2. The molecule has 11 rings (SSSR count). The van der Waals surface area contributed by atoms with Gasteiger partial charge in [-0.1, -0.05) is 109 Å². The predicted molar refractivity (Wildman–Crippen MR) is 348 cm³/mol. The van der Waals surface area contributed by atoms with Crippen molar-refractivity contribution in [2.24, 2.45) is 0 Å². The van der Waals surface area contributed by atoms with E-state index < -0.39 is 76.5 Å². The number of alkyl halides is 6. The number of benzene rings is 7. The molecule has 1 spiro atoms. The summed E-state index contributed by atoms with van der Waals surface area (Å²) in [4.78, 5) is 75.3. The van der Waals surface area contributed by atoms with Gasteiger partial charge in [-0.25, -0.2) is 14.0 Å². The summed E-state index contributed by atoms with van der Waals surface area (Å²) in [5.74, 6) is -2.46. The Bertz CT molecular complexity index is 3870. The van der Waals surface area contributed by atoms with E-state index in [0.717, 1.165) is 51.4 Å². The summed E-state index contributed by atoms with van der Waals surface area (Å²) < 4.78 is 121.